The second kappa shape index (κ2) is 9.61. The quantitative estimate of drug-likeness (QED) is 0.479. The first-order valence-electron chi connectivity index (χ1n) is 11.0. The molecule has 0 fully saturated rings. The Balaban J connectivity index is 1.82. The number of benzene rings is 2. The van der Waals surface area contributed by atoms with Crippen molar-refractivity contribution in [1.82, 2.24) is 9.80 Å². The zero-order chi connectivity index (χ0) is 24.4. The third kappa shape index (κ3) is 4.12. The van der Waals surface area contributed by atoms with E-state index in [1.807, 2.05) is 37.2 Å². The summed E-state index contributed by atoms with van der Waals surface area (Å²) >= 11 is 0. The minimum atomic E-state index is -0.861. The van der Waals surface area contributed by atoms with E-state index in [1.165, 1.54) is 19.1 Å². The second-order valence-electron chi connectivity index (χ2n) is 8.38. The Labute approximate surface area is 198 Å². The Bertz CT molecular complexity index is 1230. The summed E-state index contributed by atoms with van der Waals surface area (Å²) < 4.78 is 16.8. The van der Waals surface area contributed by atoms with Crippen LogP contribution in [0.2, 0.25) is 0 Å². The van der Waals surface area contributed by atoms with Crippen molar-refractivity contribution in [3.05, 3.63) is 71.2 Å². The largest absolute Gasteiger partial charge is 0.503 e. The normalized spacial score (nSPS) is 16.1. The lowest BCUT2D eigenvalue weighted by molar-refractivity contribution is -0.129. The Kier molecular flexibility index (Phi) is 6.61. The van der Waals surface area contributed by atoms with Crippen LogP contribution >= 0.6 is 0 Å². The van der Waals surface area contributed by atoms with Crippen LogP contribution in [0.4, 0.5) is 0 Å². The van der Waals surface area contributed by atoms with Crippen LogP contribution in [-0.4, -0.2) is 68.0 Å². The van der Waals surface area contributed by atoms with E-state index in [2.05, 4.69) is 0 Å². The predicted octanol–water partition coefficient (Wildman–Crippen LogP) is 3.98. The number of Topliss-reactive ketones (excluding diaryl/α,β-unsaturated/α-hetero) is 1. The van der Waals surface area contributed by atoms with Crippen molar-refractivity contribution in [2.24, 2.45) is 0 Å². The van der Waals surface area contributed by atoms with Gasteiger partial charge in [0, 0.05) is 17.5 Å². The molecule has 8 heteroatoms. The molecule has 1 N–H and O–H groups in total. The molecule has 0 aliphatic carbocycles. The van der Waals surface area contributed by atoms with Gasteiger partial charge in [0.25, 0.3) is 5.91 Å². The maximum absolute atomic E-state index is 13.7. The zero-order valence-electron chi connectivity index (χ0n) is 19.7. The molecule has 0 spiro atoms. The van der Waals surface area contributed by atoms with Gasteiger partial charge in [0.2, 0.25) is 5.78 Å². The van der Waals surface area contributed by atoms with E-state index in [0.29, 0.717) is 35.6 Å². The molecule has 2 aromatic carbocycles. The minimum Gasteiger partial charge on any atom is -0.503 e. The molecule has 178 valence electrons. The number of ketones is 1. The van der Waals surface area contributed by atoms with Gasteiger partial charge in [0.1, 0.15) is 5.58 Å². The number of fused-ring (bicyclic) bond motifs is 1. The van der Waals surface area contributed by atoms with Gasteiger partial charge in [-0.15, -0.1) is 0 Å². The van der Waals surface area contributed by atoms with Gasteiger partial charge in [-0.1, -0.05) is 30.3 Å². The molecule has 34 heavy (non-hydrogen) atoms. The molecule has 0 unspecified atom stereocenters. The van der Waals surface area contributed by atoms with Gasteiger partial charge >= 0.3 is 0 Å². The van der Waals surface area contributed by atoms with E-state index < -0.39 is 23.5 Å². The van der Waals surface area contributed by atoms with Crippen molar-refractivity contribution >= 4 is 22.7 Å². The van der Waals surface area contributed by atoms with Crippen LogP contribution in [0.3, 0.4) is 0 Å². The fourth-order valence-electron chi connectivity index (χ4n) is 4.35. The number of rotatable bonds is 9. The van der Waals surface area contributed by atoms with E-state index in [-0.39, 0.29) is 11.3 Å². The molecule has 1 atom stereocenters. The maximum atomic E-state index is 13.7. The first kappa shape index (κ1) is 23.4. The lowest BCUT2D eigenvalue weighted by Crippen LogP contribution is -2.33. The van der Waals surface area contributed by atoms with Gasteiger partial charge in [-0.25, -0.2) is 0 Å². The van der Waals surface area contributed by atoms with Gasteiger partial charge in [0.05, 0.1) is 25.8 Å². The highest BCUT2D eigenvalue weighted by atomic mass is 16.5. The summed E-state index contributed by atoms with van der Waals surface area (Å²) in [5, 5.41) is 11.7. The summed E-state index contributed by atoms with van der Waals surface area (Å²) in [5.74, 6) is -0.824. The van der Waals surface area contributed by atoms with Gasteiger partial charge in [-0.2, -0.15) is 0 Å². The summed E-state index contributed by atoms with van der Waals surface area (Å²) in [5.41, 5.74) is 1.05. The van der Waals surface area contributed by atoms with Crippen molar-refractivity contribution in [3.8, 4) is 11.5 Å². The number of aliphatic hydroxyl groups excluding tert-OH is 1. The van der Waals surface area contributed by atoms with Crippen molar-refractivity contribution in [2.45, 2.75) is 12.5 Å². The summed E-state index contributed by atoms with van der Waals surface area (Å²) in [6, 6.07) is 13.3. The van der Waals surface area contributed by atoms with Gasteiger partial charge in [0.15, 0.2) is 23.0 Å². The van der Waals surface area contributed by atoms with Crippen LogP contribution in [0.15, 0.2) is 64.3 Å². The van der Waals surface area contributed by atoms with Crippen LogP contribution in [0.5, 0.6) is 11.5 Å². The Morgan fingerprint density at radius 2 is 1.88 bits per heavy atom. The molecule has 0 bridgehead atoms. The van der Waals surface area contributed by atoms with E-state index in [1.54, 1.807) is 30.3 Å². The smallest absolute Gasteiger partial charge is 0.290 e. The number of hydrogen-bond donors (Lipinski definition) is 1. The van der Waals surface area contributed by atoms with E-state index in [9.17, 15) is 14.7 Å². The van der Waals surface area contributed by atoms with Crippen LogP contribution in [-0.2, 0) is 4.79 Å². The molecule has 1 amide bonds. The Morgan fingerprint density at radius 1 is 1.12 bits per heavy atom. The van der Waals surface area contributed by atoms with E-state index in [4.69, 9.17) is 13.9 Å². The minimum absolute atomic E-state index is 0.0412. The molecule has 0 saturated carbocycles. The fourth-order valence-corrected chi connectivity index (χ4v) is 4.35. The average molecular weight is 465 g/mol. The molecular formula is C26H28N2O6. The van der Waals surface area contributed by atoms with Crippen LogP contribution in [0.1, 0.15) is 28.6 Å². The van der Waals surface area contributed by atoms with Crippen molar-refractivity contribution < 1.29 is 28.6 Å². The predicted molar refractivity (Wildman–Crippen MR) is 127 cm³/mol. The summed E-state index contributed by atoms with van der Waals surface area (Å²) in [4.78, 5) is 30.4. The number of ether oxygens (including phenoxy) is 2. The summed E-state index contributed by atoms with van der Waals surface area (Å²) in [7, 11) is 6.91. The fraction of sp³-hybridized carbons (Fsp3) is 0.308. The van der Waals surface area contributed by atoms with Gasteiger partial charge in [-0.3, -0.25) is 9.59 Å². The van der Waals surface area contributed by atoms with Crippen LogP contribution < -0.4 is 9.47 Å². The highest BCUT2D eigenvalue weighted by Crippen LogP contribution is 2.45. The maximum Gasteiger partial charge on any atom is 0.290 e. The van der Waals surface area contributed by atoms with E-state index in [0.717, 1.165) is 11.9 Å². The van der Waals surface area contributed by atoms with E-state index >= 15 is 0 Å². The molecule has 1 aliphatic heterocycles. The number of carbonyl (C=O) groups excluding carboxylic acids is 2. The standard InChI is InChI=1S/C26H28N2O6/c1-27(2)13-8-14-28-22(17-10-7-12-19(32-3)25(17)33-4)21(24(30)26(28)31)23(29)20-15-16-9-5-6-11-18(16)34-20/h5-7,9-12,15,22,30H,8,13-14H2,1-4H3/t22-/m0/s1. The summed E-state index contributed by atoms with van der Waals surface area (Å²) in [6.07, 6.45) is 0.654. The molecule has 2 heterocycles. The molecule has 0 saturated heterocycles. The zero-order valence-corrected chi connectivity index (χ0v) is 19.7. The number of hydrogen-bond acceptors (Lipinski definition) is 7. The molecule has 1 aliphatic rings. The average Bonchev–Trinajstić information content (AvgIpc) is 3.37. The number of furan rings is 1. The molecule has 8 nitrogen and oxygen atoms in total. The third-order valence-corrected chi connectivity index (χ3v) is 5.93. The van der Waals surface area contributed by atoms with Crippen molar-refractivity contribution in [2.75, 3.05) is 41.4 Å². The second-order valence-corrected chi connectivity index (χ2v) is 8.38. The molecule has 3 aromatic rings. The number of nitrogens with zero attached hydrogens (tertiary/aromatic N) is 2. The number of methoxy groups -OCH3 is 2. The SMILES string of the molecule is COc1cccc([C@H]2C(C(=O)c3cc4ccccc4o3)=C(O)C(=O)N2CCCN(C)C)c1OC. The topological polar surface area (TPSA) is 92.5 Å². The number of amides is 1. The number of para-hydroxylation sites is 2. The van der Waals surface area contributed by atoms with Crippen molar-refractivity contribution in [3.63, 3.8) is 0 Å². The number of carbonyl (C=O) groups is 2. The molecular weight excluding hydrogens is 436 g/mol. The Morgan fingerprint density at radius 3 is 2.56 bits per heavy atom. The molecule has 1 aromatic heterocycles. The van der Waals surface area contributed by atoms with Crippen LogP contribution in [0, 0.1) is 0 Å². The lowest BCUT2D eigenvalue weighted by Gasteiger charge is -2.28. The van der Waals surface area contributed by atoms with Gasteiger partial charge < -0.3 is 28.8 Å². The monoisotopic (exact) mass is 464 g/mol. The molecule has 0 radical (unpaired) electrons. The number of aliphatic hydroxyl groups is 1. The van der Waals surface area contributed by atoms with Crippen LogP contribution in [0.25, 0.3) is 11.0 Å². The first-order chi connectivity index (χ1) is 16.4. The third-order valence-electron chi connectivity index (χ3n) is 5.93. The summed E-state index contributed by atoms with van der Waals surface area (Å²) in [6.45, 7) is 1.07. The first-order valence-corrected chi connectivity index (χ1v) is 11.0. The lowest BCUT2D eigenvalue weighted by atomic mass is 9.94. The van der Waals surface area contributed by atoms with Gasteiger partial charge in [-0.05, 0) is 45.3 Å². The highest BCUT2D eigenvalue weighted by Gasteiger charge is 2.45. The van der Waals surface area contributed by atoms with Crippen molar-refractivity contribution in [1.29, 1.82) is 0 Å². The molecule has 4 rings (SSSR count). The highest BCUT2D eigenvalue weighted by molar-refractivity contribution is 6.16. The Hall–Kier alpha value is -3.78.